The van der Waals surface area contributed by atoms with Gasteiger partial charge in [-0.2, -0.15) is 10.5 Å². The minimum Gasteiger partial charge on any atom is -0.309 e. The lowest BCUT2D eigenvalue weighted by atomic mass is 9.96. The normalized spacial score (nSPS) is 11.4. The van der Waals surface area contributed by atoms with Gasteiger partial charge in [0.2, 0.25) is 0 Å². The quantitative estimate of drug-likeness (QED) is 0.178. The number of rotatable bonds is 5. The molecule has 0 bridgehead atoms. The summed E-state index contributed by atoms with van der Waals surface area (Å²) in [4.78, 5) is 0. The first-order valence-electron chi connectivity index (χ1n) is 18.8. The summed E-state index contributed by atoms with van der Waals surface area (Å²) in [5.74, 6) is 0. The predicted octanol–water partition coefficient (Wildman–Crippen LogP) is 13.2. The molecule has 262 valence electrons. The highest BCUT2D eigenvalue weighted by Crippen LogP contribution is 2.43. The van der Waals surface area contributed by atoms with E-state index >= 15 is 0 Å². The Morgan fingerprint density at radius 2 is 0.750 bits per heavy atom. The minimum absolute atomic E-state index is 0.546. The van der Waals surface area contributed by atoms with E-state index in [1.165, 1.54) is 33.4 Å². The smallest absolute Gasteiger partial charge is 0.0991 e. The minimum atomic E-state index is 0.546. The van der Waals surface area contributed by atoms with E-state index in [2.05, 4.69) is 181 Å². The third-order valence-corrected chi connectivity index (χ3v) is 11.3. The lowest BCUT2D eigenvalue weighted by Crippen LogP contribution is -2.02. The van der Waals surface area contributed by atoms with E-state index in [0.29, 0.717) is 11.1 Å². The van der Waals surface area contributed by atoms with Crippen molar-refractivity contribution < 1.29 is 0 Å². The molecule has 0 aliphatic heterocycles. The van der Waals surface area contributed by atoms with Crippen LogP contribution in [0.2, 0.25) is 0 Å². The molecule has 0 N–H and O–H groups in total. The Kier molecular flexibility index (Phi) is 7.66. The van der Waals surface area contributed by atoms with Gasteiger partial charge >= 0.3 is 0 Å². The van der Waals surface area contributed by atoms with Crippen LogP contribution in [0, 0.1) is 36.5 Å². The van der Waals surface area contributed by atoms with Crippen LogP contribution in [0.4, 0.5) is 0 Å². The van der Waals surface area contributed by atoms with Crippen molar-refractivity contribution in [1.29, 1.82) is 10.5 Å². The van der Waals surface area contributed by atoms with Crippen molar-refractivity contribution >= 4 is 43.6 Å². The Morgan fingerprint density at radius 1 is 0.357 bits per heavy atom. The molecule has 2 heterocycles. The van der Waals surface area contributed by atoms with Gasteiger partial charge in [0.05, 0.1) is 56.7 Å². The molecule has 10 aromatic rings. The van der Waals surface area contributed by atoms with Crippen molar-refractivity contribution in [3.8, 4) is 56.9 Å². The van der Waals surface area contributed by atoms with Gasteiger partial charge < -0.3 is 9.13 Å². The van der Waals surface area contributed by atoms with Crippen LogP contribution >= 0.6 is 0 Å². The molecule has 0 saturated heterocycles. The second kappa shape index (κ2) is 13.0. The lowest BCUT2D eigenvalue weighted by Gasteiger charge is -2.19. The number of hydrogen-bond donors (Lipinski definition) is 0. The average Bonchev–Trinajstić information content (AvgIpc) is 3.75. The molecule has 0 amide bonds. The molecular formula is C52H34N4. The maximum Gasteiger partial charge on any atom is 0.0991 e. The summed E-state index contributed by atoms with van der Waals surface area (Å²) in [6.45, 7) is 4.30. The number of hydrogen-bond acceptors (Lipinski definition) is 2. The van der Waals surface area contributed by atoms with Gasteiger partial charge in [-0.3, -0.25) is 0 Å². The van der Waals surface area contributed by atoms with Crippen LogP contribution in [0.1, 0.15) is 22.3 Å². The zero-order chi connectivity index (χ0) is 37.9. The van der Waals surface area contributed by atoms with E-state index < -0.39 is 0 Å². The van der Waals surface area contributed by atoms with E-state index in [1.54, 1.807) is 0 Å². The molecule has 0 aliphatic rings. The SMILES string of the molecule is Cc1ccccc1-c1ccc2c(c1)c1ccccc1n2-c1ccc(C#N)cc1-c1cc(C#N)ccc1-n1c2ccccc2c2cc(-c3ccccc3C)ccc21. The van der Waals surface area contributed by atoms with E-state index in [4.69, 9.17) is 0 Å². The summed E-state index contributed by atoms with van der Waals surface area (Å²) in [7, 11) is 0. The van der Waals surface area contributed by atoms with E-state index in [9.17, 15) is 10.5 Å². The number of benzene rings is 8. The highest BCUT2D eigenvalue weighted by atomic mass is 15.0. The molecule has 0 saturated carbocycles. The zero-order valence-electron chi connectivity index (χ0n) is 31.0. The van der Waals surface area contributed by atoms with Crippen molar-refractivity contribution in [2.24, 2.45) is 0 Å². The second-order valence-corrected chi connectivity index (χ2v) is 14.5. The molecular weight excluding hydrogens is 681 g/mol. The highest BCUT2D eigenvalue weighted by Gasteiger charge is 2.22. The fourth-order valence-electron chi connectivity index (χ4n) is 8.63. The fourth-order valence-corrected chi connectivity index (χ4v) is 8.63. The number of para-hydroxylation sites is 2. The first kappa shape index (κ1) is 32.9. The topological polar surface area (TPSA) is 57.4 Å². The van der Waals surface area contributed by atoms with Crippen molar-refractivity contribution in [2.75, 3.05) is 0 Å². The van der Waals surface area contributed by atoms with Crippen LogP contribution in [0.5, 0.6) is 0 Å². The Bertz CT molecular complexity index is 3080. The second-order valence-electron chi connectivity index (χ2n) is 14.5. The maximum atomic E-state index is 10.3. The van der Waals surface area contributed by atoms with Crippen LogP contribution in [-0.4, -0.2) is 9.13 Å². The third kappa shape index (κ3) is 5.12. The van der Waals surface area contributed by atoms with E-state index in [0.717, 1.165) is 66.1 Å². The van der Waals surface area contributed by atoms with Crippen LogP contribution in [0.25, 0.3) is 88.4 Å². The number of nitriles is 2. The molecule has 4 nitrogen and oxygen atoms in total. The fraction of sp³-hybridized carbons (Fsp3) is 0.0385. The van der Waals surface area contributed by atoms with Crippen LogP contribution in [0.15, 0.2) is 170 Å². The largest absolute Gasteiger partial charge is 0.309 e. The monoisotopic (exact) mass is 714 g/mol. The van der Waals surface area contributed by atoms with Crippen LogP contribution in [0.3, 0.4) is 0 Å². The van der Waals surface area contributed by atoms with E-state index in [-0.39, 0.29) is 0 Å². The Morgan fingerprint density at radius 3 is 1.18 bits per heavy atom. The first-order chi connectivity index (χ1) is 27.5. The van der Waals surface area contributed by atoms with Gasteiger partial charge in [0.1, 0.15) is 0 Å². The van der Waals surface area contributed by atoms with E-state index in [1.807, 2.05) is 24.3 Å². The number of fused-ring (bicyclic) bond motifs is 6. The van der Waals surface area contributed by atoms with Crippen LogP contribution < -0.4 is 0 Å². The third-order valence-electron chi connectivity index (χ3n) is 11.3. The highest BCUT2D eigenvalue weighted by molar-refractivity contribution is 6.13. The van der Waals surface area contributed by atoms with Crippen molar-refractivity contribution in [3.05, 3.63) is 192 Å². The number of nitrogens with zero attached hydrogens (tertiary/aromatic N) is 4. The summed E-state index contributed by atoms with van der Waals surface area (Å²) < 4.78 is 4.62. The van der Waals surface area contributed by atoms with Gasteiger partial charge in [-0.05, 0) is 120 Å². The van der Waals surface area contributed by atoms with Gasteiger partial charge in [-0.1, -0.05) is 97.1 Å². The summed E-state index contributed by atoms with van der Waals surface area (Å²) in [5.41, 5.74) is 16.1. The summed E-state index contributed by atoms with van der Waals surface area (Å²) in [6, 6.07) is 64.1. The Hall–Kier alpha value is -7.66. The number of aryl methyl sites for hydroxylation is 2. The predicted molar refractivity (Wildman–Crippen MR) is 230 cm³/mol. The van der Waals surface area contributed by atoms with Gasteiger partial charge in [0, 0.05) is 32.7 Å². The molecule has 0 unspecified atom stereocenters. The lowest BCUT2D eigenvalue weighted by molar-refractivity contribution is 1.16. The molecule has 56 heavy (non-hydrogen) atoms. The Labute approximate surface area is 325 Å². The molecule has 10 rings (SSSR count). The van der Waals surface area contributed by atoms with Gasteiger partial charge in [-0.15, -0.1) is 0 Å². The molecule has 8 aromatic carbocycles. The molecule has 0 radical (unpaired) electrons. The van der Waals surface area contributed by atoms with Crippen molar-refractivity contribution in [2.45, 2.75) is 13.8 Å². The van der Waals surface area contributed by atoms with Crippen LogP contribution in [-0.2, 0) is 0 Å². The number of aromatic nitrogens is 2. The first-order valence-corrected chi connectivity index (χ1v) is 18.8. The van der Waals surface area contributed by atoms with Gasteiger partial charge in [0.15, 0.2) is 0 Å². The molecule has 0 aliphatic carbocycles. The van der Waals surface area contributed by atoms with Crippen molar-refractivity contribution in [3.63, 3.8) is 0 Å². The molecule has 2 aromatic heterocycles. The molecule has 4 heteroatoms. The zero-order valence-corrected chi connectivity index (χ0v) is 31.0. The molecule has 0 atom stereocenters. The Balaban J connectivity index is 1.26. The standard InChI is InChI=1S/C52H34N4/c1-33-11-3-5-13-39(33)37-21-25-51-45(29-37)41-15-7-9-17-47(41)55(51)49-23-19-35(31-53)27-43(49)44-28-36(32-54)20-24-50(44)56-48-18-10-8-16-42(48)46-30-38(22-26-52(46)56)40-14-6-4-12-34(40)2/h3-30H,1-2H3. The van der Waals surface area contributed by atoms with Crippen molar-refractivity contribution in [1.82, 2.24) is 9.13 Å². The summed E-state index contributed by atoms with van der Waals surface area (Å²) >= 11 is 0. The average molecular weight is 715 g/mol. The summed E-state index contributed by atoms with van der Waals surface area (Å²) in [6.07, 6.45) is 0. The van der Waals surface area contributed by atoms with Gasteiger partial charge in [0.25, 0.3) is 0 Å². The van der Waals surface area contributed by atoms with Gasteiger partial charge in [-0.25, -0.2) is 0 Å². The maximum absolute atomic E-state index is 10.3. The summed E-state index contributed by atoms with van der Waals surface area (Å²) in [5, 5.41) is 25.2. The molecule has 0 spiro atoms. The molecule has 0 fully saturated rings.